The second kappa shape index (κ2) is 5.16. The molecule has 3 aliphatic heterocycles. The molecule has 2 amide bonds. The number of carbonyl (C=O) groups excluding carboxylic acids is 2. The van der Waals surface area contributed by atoms with Crippen LogP contribution in [0.4, 0.5) is 0 Å². The number of aryl methyl sites for hydroxylation is 2. The van der Waals surface area contributed by atoms with E-state index in [1.54, 1.807) is 0 Å². The minimum atomic E-state index is -0.0238. The molecule has 0 saturated carbocycles. The summed E-state index contributed by atoms with van der Waals surface area (Å²) in [5.41, 5.74) is 2.81. The molecule has 1 N–H and O–H groups in total. The largest absolute Gasteiger partial charge is 0.341 e. The van der Waals surface area contributed by atoms with Gasteiger partial charge in [-0.05, 0) is 26.7 Å². The Hall–Kier alpha value is -1.85. The summed E-state index contributed by atoms with van der Waals surface area (Å²) in [6.07, 6.45) is 2.27. The normalized spacial score (nSPS) is 25.4. The number of carbonyl (C=O) groups is 2. The first kappa shape index (κ1) is 14.1. The molecule has 6 heteroatoms. The first-order chi connectivity index (χ1) is 9.97. The summed E-state index contributed by atoms with van der Waals surface area (Å²) >= 11 is 0. The lowest BCUT2D eigenvalue weighted by atomic mass is 9.95. The molecular weight excluding hydrogens is 268 g/mol. The molecule has 4 rings (SSSR count). The van der Waals surface area contributed by atoms with Gasteiger partial charge in [0.1, 0.15) is 0 Å². The number of fused-ring (bicyclic) bond motifs is 4. The van der Waals surface area contributed by atoms with Crippen LogP contribution in [0.1, 0.15) is 29.8 Å². The van der Waals surface area contributed by atoms with E-state index >= 15 is 0 Å². The van der Waals surface area contributed by atoms with Gasteiger partial charge in [0.15, 0.2) is 0 Å². The van der Waals surface area contributed by atoms with Gasteiger partial charge in [-0.15, -0.1) is 0 Å². The summed E-state index contributed by atoms with van der Waals surface area (Å²) in [6.45, 7) is 5.07. The third-order valence-corrected chi connectivity index (χ3v) is 4.93. The van der Waals surface area contributed by atoms with Crippen molar-refractivity contribution in [2.45, 2.75) is 39.2 Å². The second-order valence-electron chi connectivity index (χ2n) is 6.27. The Morgan fingerprint density at radius 2 is 2.10 bits per heavy atom. The smallest absolute Gasteiger partial charge is 0.227 e. The molecule has 21 heavy (non-hydrogen) atoms. The second-order valence-corrected chi connectivity index (χ2v) is 6.27. The van der Waals surface area contributed by atoms with Crippen LogP contribution in [0.5, 0.6) is 0 Å². The Labute approximate surface area is 124 Å². The van der Waals surface area contributed by atoms with E-state index in [0.29, 0.717) is 19.5 Å². The number of nitrogens with one attached hydrogen (secondary N) is 1. The fraction of sp³-hybridized carbons (Fsp3) is 0.667. The van der Waals surface area contributed by atoms with Gasteiger partial charge in [-0.25, -0.2) is 0 Å². The number of amides is 2. The van der Waals surface area contributed by atoms with E-state index in [4.69, 9.17) is 0 Å². The highest BCUT2D eigenvalue weighted by Crippen LogP contribution is 2.28. The molecule has 0 spiro atoms. The van der Waals surface area contributed by atoms with Crippen molar-refractivity contribution in [1.29, 1.82) is 0 Å². The van der Waals surface area contributed by atoms with Crippen LogP contribution in [0.2, 0.25) is 0 Å². The van der Waals surface area contributed by atoms with Gasteiger partial charge in [0, 0.05) is 37.4 Å². The Kier molecular flexibility index (Phi) is 3.47. The number of hydrogen-bond acceptors (Lipinski definition) is 3. The van der Waals surface area contributed by atoms with Gasteiger partial charge in [0.05, 0.1) is 18.0 Å². The molecule has 0 aromatic carbocycles. The zero-order chi connectivity index (χ0) is 15.1. The minimum absolute atomic E-state index is 0.0238. The first-order valence-corrected chi connectivity index (χ1v) is 7.52. The minimum Gasteiger partial charge on any atom is -0.341 e. The molecule has 3 fully saturated rings. The molecule has 1 aromatic rings. The summed E-state index contributed by atoms with van der Waals surface area (Å²) < 4.78 is 0. The predicted molar refractivity (Wildman–Crippen MR) is 77.6 cm³/mol. The van der Waals surface area contributed by atoms with Crippen LogP contribution in [0.25, 0.3) is 0 Å². The van der Waals surface area contributed by atoms with Crippen LogP contribution in [-0.2, 0) is 16.0 Å². The summed E-state index contributed by atoms with van der Waals surface area (Å²) in [5.74, 6) is 0.268. The van der Waals surface area contributed by atoms with Gasteiger partial charge in [-0.2, -0.15) is 5.10 Å². The van der Waals surface area contributed by atoms with Gasteiger partial charge in [0.25, 0.3) is 0 Å². The van der Waals surface area contributed by atoms with Gasteiger partial charge in [0.2, 0.25) is 11.8 Å². The van der Waals surface area contributed by atoms with Gasteiger partial charge < -0.3 is 9.80 Å². The fourth-order valence-electron chi connectivity index (χ4n) is 3.46. The highest BCUT2D eigenvalue weighted by atomic mass is 16.2. The maximum atomic E-state index is 12.6. The summed E-state index contributed by atoms with van der Waals surface area (Å²) in [6, 6.07) is 0.173. The topological polar surface area (TPSA) is 69.3 Å². The average Bonchev–Trinajstić information content (AvgIpc) is 2.67. The molecule has 2 bridgehead atoms. The van der Waals surface area contributed by atoms with Crippen LogP contribution in [0.15, 0.2) is 0 Å². The van der Waals surface area contributed by atoms with Crippen molar-refractivity contribution in [2.75, 3.05) is 20.1 Å². The Balaban J connectivity index is 1.75. The summed E-state index contributed by atoms with van der Waals surface area (Å²) in [5, 5.41) is 7.06. The van der Waals surface area contributed by atoms with E-state index in [0.717, 1.165) is 29.8 Å². The fourth-order valence-corrected chi connectivity index (χ4v) is 3.46. The molecule has 0 radical (unpaired) electrons. The maximum Gasteiger partial charge on any atom is 0.227 e. The SMILES string of the molecule is Cc1n[nH]c(C)c1CC(=O)N1C[C@H]2CC[C@@H](C1)N(C)C2=O. The van der Waals surface area contributed by atoms with E-state index in [2.05, 4.69) is 10.2 Å². The van der Waals surface area contributed by atoms with Crippen LogP contribution < -0.4 is 0 Å². The number of aromatic nitrogens is 2. The monoisotopic (exact) mass is 290 g/mol. The number of likely N-dealkylation sites (N-methyl/N-ethyl adjacent to an activating group) is 1. The molecule has 4 heterocycles. The quantitative estimate of drug-likeness (QED) is 0.869. The van der Waals surface area contributed by atoms with Crippen molar-refractivity contribution < 1.29 is 9.59 Å². The zero-order valence-electron chi connectivity index (χ0n) is 12.8. The molecule has 0 aliphatic carbocycles. The third kappa shape index (κ3) is 2.43. The number of rotatable bonds is 2. The summed E-state index contributed by atoms with van der Waals surface area (Å²) in [4.78, 5) is 28.5. The molecule has 6 nitrogen and oxygen atoms in total. The van der Waals surface area contributed by atoms with E-state index in [1.165, 1.54) is 0 Å². The highest BCUT2D eigenvalue weighted by molar-refractivity contribution is 5.84. The van der Waals surface area contributed by atoms with Gasteiger partial charge in [-0.1, -0.05) is 0 Å². The zero-order valence-corrected chi connectivity index (χ0v) is 12.8. The van der Waals surface area contributed by atoms with E-state index < -0.39 is 0 Å². The molecule has 114 valence electrons. The molecule has 2 atom stereocenters. The van der Waals surface area contributed by atoms with Crippen molar-refractivity contribution in [3.63, 3.8) is 0 Å². The Morgan fingerprint density at radius 3 is 2.76 bits per heavy atom. The number of nitrogens with zero attached hydrogens (tertiary/aromatic N) is 3. The van der Waals surface area contributed by atoms with Crippen molar-refractivity contribution >= 4 is 11.8 Å². The lowest BCUT2D eigenvalue weighted by Crippen LogP contribution is -2.45. The molecular formula is C15H22N4O2. The lowest BCUT2D eigenvalue weighted by Gasteiger charge is -2.32. The van der Waals surface area contributed by atoms with Crippen molar-refractivity contribution in [1.82, 2.24) is 20.0 Å². The number of H-pyrrole nitrogens is 1. The Bertz CT molecular complexity index is 561. The van der Waals surface area contributed by atoms with E-state index in [1.807, 2.05) is 30.7 Å². The van der Waals surface area contributed by atoms with Crippen LogP contribution in [-0.4, -0.2) is 58.0 Å². The van der Waals surface area contributed by atoms with Crippen LogP contribution >= 0.6 is 0 Å². The van der Waals surface area contributed by atoms with Gasteiger partial charge >= 0.3 is 0 Å². The number of hydrogen-bond donors (Lipinski definition) is 1. The third-order valence-electron chi connectivity index (χ3n) is 4.93. The highest BCUT2D eigenvalue weighted by Gasteiger charge is 2.40. The number of aromatic amines is 1. The molecule has 1 aromatic heterocycles. The van der Waals surface area contributed by atoms with Crippen LogP contribution in [0.3, 0.4) is 0 Å². The molecule has 0 unspecified atom stereocenters. The van der Waals surface area contributed by atoms with Crippen LogP contribution in [0, 0.1) is 19.8 Å². The van der Waals surface area contributed by atoms with E-state index in [-0.39, 0.29) is 23.8 Å². The predicted octanol–water partition coefficient (Wildman–Crippen LogP) is 0.648. The van der Waals surface area contributed by atoms with Crippen molar-refractivity contribution in [2.24, 2.45) is 5.92 Å². The lowest BCUT2D eigenvalue weighted by molar-refractivity contribution is -0.138. The molecule has 3 saturated heterocycles. The van der Waals surface area contributed by atoms with Crippen molar-refractivity contribution in [3.05, 3.63) is 17.0 Å². The van der Waals surface area contributed by atoms with Gasteiger partial charge in [-0.3, -0.25) is 14.7 Å². The first-order valence-electron chi connectivity index (χ1n) is 7.52. The Morgan fingerprint density at radius 1 is 1.33 bits per heavy atom. The summed E-state index contributed by atoms with van der Waals surface area (Å²) in [7, 11) is 1.86. The van der Waals surface area contributed by atoms with E-state index in [9.17, 15) is 9.59 Å². The molecule has 3 aliphatic rings. The average molecular weight is 290 g/mol. The standard InChI is InChI=1S/C15H22N4O2/c1-9-13(10(2)17-16-9)6-14(20)19-7-11-4-5-12(8-19)18(3)15(11)21/h11-12H,4-8H2,1-3H3,(H,16,17)/t11-,12+/m1/s1. The number of piperidine rings is 1. The van der Waals surface area contributed by atoms with Crippen molar-refractivity contribution in [3.8, 4) is 0 Å². The maximum absolute atomic E-state index is 12.6.